The normalized spacial score (nSPS) is 14.4. The highest BCUT2D eigenvalue weighted by Crippen LogP contribution is 2.30. The van der Waals surface area contributed by atoms with Crippen molar-refractivity contribution in [1.29, 1.82) is 0 Å². The summed E-state index contributed by atoms with van der Waals surface area (Å²) in [5.74, 6) is 1.04. The Kier molecular flexibility index (Phi) is 4.83. The summed E-state index contributed by atoms with van der Waals surface area (Å²) in [6.45, 7) is 2.10. The summed E-state index contributed by atoms with van der Waals surface area (Å²) in [6.07, 6.45) is 5.48. The first-order chi connectivity index (χ1) is 13.2. The summed E-state index contributed by atoms with van der Waals surface area (Å²) in [5, 5.41) is 6.35. The van der Waals surface area contributed by atoms with Gasteiger partial charge >= 0.3 is 0 Å². The van der Waals surface area contributed by atoms with Crippen LogP contribution in [0, 0.1) is 5.92 Å². The van der Waals surface area contributed by atoms with Crippen molar-refractivity contribution in [1.82, 2.24) is 9.97 Å². The molecule has 1 saturated carbocycles. The van der Waals surface area contributed by atoms with Crippen LogP contribution < -0.4 is 10.6 Å². The molecule has 1 atom stereocenters. The van der Waals surface area contributed by atoms with E-state index in [0.29, 0.717) is 0 Å². The van der Waals surface area contributed by atoms with E-state index in [2.05, 4.69) is 39.7 Å². The summed E-state index contributed by atoms with van der Waals surface area (Å²) < 4.78 is 0. The molecule has 0 bridgehead atoms. The van der Waals surface area contributed by atoms with Crippen molar-refractivity contribution in [3.8, 4) is 11.3 Å². The SMILES string of the molecule is CC(Nc1cncc(-c2ccc(NC(=O)C3CC3)cc2)n1)c1ccccc1. The Morgan fingerprint density at radius 2 is 1.78 bits per heavy atom. The number of nitrogens with one attached hydrogen (secondary N) is 2. The van der Waals surface area contributed by atoms with Crippen molar-refractivity contribution in [2.75, 3.05) is 10.6 Å². The van der Waals surface area contributed by atoms with Gasteiger partial charge in [-0.05, 0) is 37.5 Å². The van der Waals surface area contributed by atoms with Crippen molar-refractivity contribution in [2.24, 2.45) is 5.92 Å². The van der Waals surface area contributed by atoms with Crippen molar-refractivity contribution < 1.29 is 4.79 Å². The third-order valence-corrected chi connectivity index (χ3v) is 4.69. The van der Waals surface area contributed by atoms with E-state index in [-0.39, 0.29) is 17.9 Å². The largest absolute Gasteiger partial charge is 0.362 e. The Morgan fingerprint density at radius 1 is 1.04 bits per heavy atom. The number of anilines is 2. The quantitative estimate of drug-likeness (QED) is 0.672. The van der Waals surface area contributed by atoms with Gasteiger partial charge in [0, 0.05) is 23.2 Å². The molecule has 1 aliphatic carbocycles. The van der Waals surface area contributed by atoms with Crippen molar-refractivity contribution in [3.63, 3.8) is 0 Å². The summed E-state index contributed by atoms with van der Waals surface area (Å²) in [5.41, 5.74) is 3.76. The minimum Gasteiger partial charge on any atom is -0.362 e. The van der Waals surface area contributed by atoms with Gasteiger partial charge in [0.25, 0.3) is 0 Å². The summed E-state index contributed by atoms with van der Waals surface area (Å²) in [4.78, 5) is 20.8. The monoisotopic (exact) mass is 358 g/mol. The molecule has 1 amide bonds. The molecule has 1 unspecified atom stereocenters. The van der Waals surface area contributed by atoms with Gasteiger partial charge < -0.3 is 10.6 Å². The van der Waals surface area contributed by atoms with Crippen LogP contribution in [0.2, 0.25) is 0 Å². The van der Waals surface area contributed by atoms with Crippen LogP contribution >= 0.6 is 0 Å². The third-order valence-electron chi connectivity index (χ3n) is 4.69. The fourth-order valence-electron chi connectivity index (χ4n) is 2.94. The van der Waals surface area contributed by atoms with Crippen LogP contribution in [-0.2, 0) is 4.79 Å². The van der Waals surface area contributed by atoms with Gasteiger partial charge in [0.2, 0.25) is 5.91 Å². The lowest BCUT2D eigenvalue weighted by molar-refractivity contribution is -0.117. The zero-order valence-corrected chi connectivity index (χ0v) is 15.2. The molecule has 27 heavy (non-hydrogen) atoms. The van der Waals surface area contributed by atoms with Gasteiger partial charge in [0.05, 0.1) is 18.1 Å². The molecule has 0 saturated heterocycles. The van der Waals surface area contributed by atoms with Crippen LogP contribution in [0.5, 0.6) is 0 Å². The highest BCUT2D eigenvalue weighted by molar-refractivity contribution is 5.94. The second kappa shape index (κ2) is 7.58. The zero-order chi connectivity index (χ0) is 18.6. The minimum absolute atomic E-state index is 0.114. The van der Waals surface area contributed by atoms with Crippen LogP contribution in [-0.4, -0.2) is 15.9 Å². The number of rotatable bonds is 6. The maximum absolute atomic E-state index is 11.9. The molecule has 2 aromatic carbocycles. The number of carbonyl (C=O) groups is 1. The first-order valence-corrected chi connectivity index (χ1v) is 9.24. The number of aromatic nitrogens is 2. The van der Waals surface area contributed by atoms with Gasteiger partial charge in [-0.1, -0.05) is 42.5 Å². The highest BCUT2D eigenvalue weighted by atomic mass is 16.2. The molecule has 4 rings (SSSR count). The lowest BCUT2D eigenvalue weighted by Gasteiger charge is -2.15. The van der Waals surface area contributed by atoms with E-state index in [1.54, 1.807) is 12.4 Å². The lowest BCUT2D eigenvalue weighted by atomic mass is 10.1. The Bertz CT molecular complexity index is 921. The predicted molar refractivity (Wildman–Crippen MR) is 107 cm³/mol. The molecule has 136 valence electrons. The predicted octanol–water partition coefficient (Wildman–Crippen LogP) is 4.67. The average Bonchev–Trinajstić information content (AvgIpc) is 3.55. The Hall–Kier alpha value is -3.21. The number of hydrogen-bond acceptors (Lipinski definition) is 4. The first kappa shape index (κ1) is 17.2. The number of amides is 1. The van der Waals surface area contributed by atoms with E-state index in [1.807, 2.05) is 42.5 Å². The molecule has 1 aromatic heterocycles. The fraction of sp³-hybridized carbons (Fsp3) is 0.227. The zero-order valence-electron chi connectivity index (χ0n) is 15.2. The molecule has 2 N–H and O–H groups in total. The number of nitrogens with zero attached hydrogens (tertiary/aromatic N) is 2. The topological polar surface area (TPSA) is 66.9 Å². The van der Waals surface area contributed by atoms with Gasteiger partial charge in [0.1, 0.15) is 5.82 Å². The minimum atomic E-state index is 0.114. The maximum Gasteiger partial charge on any atom is 0.227 e. The van der Waals surface area contributed by atoms with E-state index in [4.69, 9.17) is 0 Å². The van der Waals surface area contributed by atoms with Crippen LogP contribution in [0.1, 0.15) is 31.4 Å². The van der Waals surface area contributed by atoms with Crippen LogP contribution in [0.25, 0.3) is 11.3 Å². The smallest absolute Gasteiger partial charge is 0.227 e. The van der Waals surface area contributed by atoms with Gasteiger partial charge in [-0.2, -0.15) is 0 Å². The number of hydrogen-bond donors (Lipinski definition) is 2. The molecule has 0 spiro atoms. The van der Waals surface area contributed by atoms with Crippen molar-refractivity contribution in [2.45, 2.75) is 25.8 Å². The van der Waals surface area contributed by atoms with Crippen LogP contribution in [0.3, 0.4) is 0 Å². The Balaban J connectivity index is 1.46. The molecule has 3 aromatic rings. The van der Waals surface area contributed by atoms with Gasteiger partial charge in [0.15, 0.2) is 0 Å². The molecule has 5 heteroatoms. The van der Waals surface area contributed by atoms with E-state index in [0.717, 1.165) is 35.6 Å². The second-order valence-electron chi connectivity index (χ2n) is 6.91. The molecule has 0 aliphatic heterocycles. The molecule has 1 heterocycles. The van der Waals surface area contributed by atoms with E-state index >= 15 is 0 Å². The molecule has 1 aliphatic rings. The Morgan fingerprint density at radius 3 is 2.48 bits per heavy atom. The standard InChI is InChI=1S/C22H22N4O/c1-15(16-5-3-2-4-6-16)24-21-14-23-13-20(26-21)17-9-11-19(12-10-17)25-22(27)18-7-8-18/h2-6,9-15,18H,7-8H2,1H3,(H,24,26)(H,25,27). The first-order valence-electron chi connectivity index (χ1n) is 9.24. The van der Waals surface area contributed by atoms with Crippen molar-refractivity contribution in [3.05, 3.63) is 72.6 Å². The molecule has 5 nitrogen and oxygen atoms in total. The molecule has 0 radical (unpaired) electrons. The fourth-order valence-corrected chi connectivity index (χ4v) is 2.94. The Labute approximate surface area is 158 Å². The van der Waals surface area contributed by atoms with E-state index < -0.39 is 0 Å². The van der Waals surface area contributed by atoms with Gasteiger partial charge in [-0.3, -0.25) is 9.78 Å². The molecular formula is C22H22N4O. The van der Waals surface area contributed by atoms with Crippen LogP contribution in [0.4, 0.5) is 11.5 Å². The van der Waals surface area contributed by atoms with Gasteiger partial charge in [-0.15, -0.1) is 0 Å². The summed E-state index contributed by atoms with van der Waals surface area (Å²) >= 11 is 0. The molecule has 1 fully saturated rings. The summed E-state index contributed by atoms with van der Waals surface area (Å²) in [7, 11) is 0. The van der Waals surface area contributed by atoms with E-state index in [9.17, 15) is 4.79 Å². The summed E-state index contributed by atoms with van der Waals surface area (Å²) in [6, 6.07) is 18.1. The third kappa shape index (κ3) is 4.31. The second-order valence-corrected chi connectivity index (χ2v) is 6.91. The highest BCUT2D eigenvalue weighted by Gasteiger charge is 2.29. The lowest BCUT2D eigenvalue weighted by Crippen LogP contribution is -2.13. The van der Waals surface area contributed by atoms with E-state index in [1.165, 1.54) is 5.56 Å². The average molecular weight is 358 g/mol. The van der Waals surface area contributed by atoms with Crippen molar-refractivity contribution >= 4 is 17.4 Å². The number of carbonyl (C=O) groups excluding carboxylic acids is 1. The van der Waals surface area contributed by atoms with Gasteiger partial charge in [-0.25, -0.2) is 4.98 Å². The maximum atomic E-state index is 11.9. The number of benzene rings is 2. The molecular weight excluding hydrogens is 336 g/mol. The van der Waals surface area contributed by atoms with Crippen LogP contribution in [0.15, 0.2) is 67.0 Å².